The van der Waals surface area contributed by atoms with Crippen LogP contribution in [0, 0.1) is 13.8 Å². The van der Waals surface area contributed by atoms with Crippen LogP contribution in [0.5, 0.6) is 5.75 Å². The van der Waals surface area contributed by atoms with Gasteiger partial charge in [-0.05, 0) is 68.7 Å². The van der Waals surface area contributed by atoms with Crippen LogP contribution in [0.2, 0.25) is 5.02 Å². The minimum atomic E-state index is -0.835. The van der Waals surface area contributed by atoms with Crippen molar-refractivity contribution in [3.05, 3.63) is 119 Å². The maximum atomic E-state index is 14.5. The molecule has 9 heteroatoms. The number of carbonyl (C=O) groups excluding carboxylic acids is 1. The van der Waals surface area contributed by atoms with Crippen molar-refractivity contribution in [2.24, 2.45) is 4.99 Å². The lowest BCUT2D eigenvalue weighted by atomic mass is 9.93. The van der Waals surface area contributed by atoms with Crippen molar-refractivity contribution < 1.29 is 14.3 Å². The number of H-pyrrole nitrogens is 1. The molecule has 0 aliphatic carbocycles. The fourth-order valence-corrected chi connectivity index (χ4v) is 7.30. The second-order valence-electron chi connectivity index (χ2n) is 11.1. The number of methoxy groups -OCH3 is 1. The van der Waals surface area contributed by atoms with Gasteiger partial charge in [0.05, 0.1) is 35.2 Å². The molecule has 1 N–H and O–H groups in total. The number of hydrogen-bond acceptors (Lipinski definition) is 6. The highest BCUT2D eigenvalue weighted by atomic mass is 35.5. The fourth-order valence-electron chi connectivity index (χ4n) is 6.12. The van der Waals surface area contributed by atoms with E-state index in [0.717, 1.165) is 45.3 Å². The van der Waals surface area contributed by atoms with E-state index in [4.69, 9.17) is 26.1 Å². The van der Waals surface area contributed by atoms with Gasteiger partial charge in [-0.3, -0.25) is 9.36 Å². The first kappa shape index (κ1) is 30.6. The van der Waals surface area contributed by atoms with Crippen LogP contribution in [0.25, 0.3) is 28.2 Å². The highest BCUT2D eigenvalue weighted by Gasteiger charge is 2.36. The molecule has 1 aliphatic heterocycles. The summed E-state index contributed by atoms with van der Waals surface area (Å²) in [4.78, 5) is 37.2. The minimum absolute atomic E-state index is 0.188. The van der Waals surface area contributed by atoms with E-state index in [-0.39, 0.29) is 12.2 Å². The first-order valence-corrected chi connectivity index (χ1v) is 16.2. The first-order chi connectivity index (χ1) is 21.7. The number of allylic oxidation sites excluding steroid dienone is 1. The molecule has 7 nitrogen and oxygen atoms in total. The third-order valence-corrected chi connectivity index (χ3v) is 9.22. The number of halogens is 1. The summed E-state index contributed by atoms with van der Waals surface area (Å²) >= 11 is 7.80. The maximum absolute atomic E-state index is 14.5. The van der Waals surface area contributed by atoms with Gasteiger partial charge in [-0.1, -0.05) is 78.2 Å². The van der Waals surface area contributed by atoms with E-state index in [1.807, 2.05) is 31.2 Å². The maximum Gasteiger partial charge on any atom is 0.338 e. The van der Waals surface area contributed by atoms with Gasteiger partial charge < -0.3 is 14.5 Å². The monoisotopic (exact) mass is 639 g/mol. The molecule has 5 aromatic rings. The Labute approximate surface area is 270 Å². The van der Waals surface area contributed by atoms with E-state index in [1.54, 1.807) is 36.8 Å². The van der Waals surface area contributed by atoms with Crippen LogP contribution >= 0.6 is 22.9 Å². The average Bonchev–Trinajstić information content (AvgIpc) is 3.54. The van der Waals surface area contributed by atoms with Crippen LogP contribution in [0.15, 0.2) is 81.7 Å². The fraction of sp³-hybridized carbons (Fsp3) is 0.250. The minimum Gasteiger partial charge on any atom is -0.496 e. The Balaban J connectivity index is 1.68. The molecule has 0 saturated heterocycles. The van der Waals surface area contributed by atoms with Gasteiger partial charge in [0.2, 0.25) is 0 Å². The van der Waals surface area contributed by atoms with E-state index in [0.29, 0.717) is 43.4 Å². The lowest BCUT2D eigenvalue weighted by Crippen LogP contribution is -2.40. The van der Waals surface area contributed by atoms with Crippen LogP contribution in [-0.2, 0) is 9.53 Å². The summed E-state index contributed by atoms with van der Waals surface area (Å²) in [6, 6.07) is 18.8. The molecule has 1 aliphatic rings. The molecule has 6 rings (SSSR count). The van der Waals surface area contributed by atoms with Gasteiger partial charge in [-0.25, -0.2) is 9.79 Å². The van der Waals surface area contributed by atoms with Crippen molar-refractivity contribution in [2.45, 2.75) is 46.6 Å². The van der Waals surface area contributed by atoms with Crippen LogP contribution in [0.1, 0.15) is 55.0 Å². The van der Waals surface area contributed by atoms with Crippen molar-refractivity contribution in [1.82, 2.24) is 9.55 Å². The van der Waals surface area contributed by atoms with E-state index >= 15 is 0 Å². The van der Waals surface area contributed by atoms with E-state index in [2.05, 4.69) is 43.1 Å². The number of aromatic amines is 1. The second-order valence-corrected chi connectivity index (χ2v) is 12.5. The Kier molecular flexibility index (Phi) is 8.53. The molecule has 0 spiro atoms. The number of nitrogens with one attached hydrogen (secondary N) is 1. The number of rotatable bonds is 8. The highest BCUT2D eigenvalue weighted by molar-refractivity contribution is 7.07. The zero-order valence-electron chi connectivity index (χ0n) is 25.9. The van der Waals surface area contributed by atoms with Crippen LogP contribution in [-0.4, -0.2) is 29.2 Å². The van der Waals surface area contributed by atoms with Crippen molar-refractivity contribution in [3.8, 4) is 17.0 Å². The van der Waals surface area contributed by atoms with Crippen molar-refractivity contribution in [1.29, 1.82) is 0 Å². The molecule has 0 amide bonds. The molecule has 45 heavy (non-hydrogen) atoms. The van der Waals surface area contributed by atoms with Crippen molar-refractivity contribution in [2.75, 3.05) is 13.7 Å². The Morgan fingerprint density at radius 2 is 1.89 bits per heavy atom. The van der Waals surface area contributed by atoms with Crippen molar-refractivity contribution in [3.63, 3.8) is 0 Å². The number of benzene rings is 3. The van der Waals surface area contributed by atoms with Gasteiger partial charge in [0.1, 0.15) is 11.8 Å². The van der Waals surface area contributed by atoms with E-state index in [1.165, 1.54) is 11.3 Å². The Morgan fingerprint density at radius 1 is 1.11 bits per heavy atom. The quantitative estimate of drug-likeness (QED) is 0.185. The molecule has 0 radical (unpaired) electrons. The van der Waals surface area contributed by atoms with Crippen LogP contribution in [0.4, 0.5) is 0 Å². The van der Waals surface area contributed by atoms with Gasteiger partial charge in [-0.2, -0.15) is 0 Å². The summed E-state index contributed by atoms with van der Waals surface area (Å²) in [7, 11) is 1.56. The number of nitrogens with zero attached hydrogens (tertiary/aromatic N) is 2. The SMILES string of the molecule is CCCC1=C(C(=O)OCC)[C@@H](c2cc(Cl)ccc2OC)n2c(s/c(=C/c3c(-c4ccccc4)[nH]c4c(C)cc(C)cc34)c2=O)=N1. The summed E-state index contributed by atoms with van der Waals surface area (Å²) in [5.41, 5.74) is 7.39. The molecule has 0 unspecified atom stereocenters. The largest absolute Gasteiger partial charge is 0.496 e. The molecule has 1 atom stereocenters. The normalized spacial score (nSPS) is 14.9. The van der Waals surface area contributed by atoms with Gasteiger partial charge in [0, 0.05) is 27.1 Å². The molecule has 0 saturated carbocycles. The highest BCUT2D eigenvalue weighted by Crippen LogP contribution is 2.38. The number of carbonyl (C=O) groups is 1. The zero-order chi connectivity index (χ0) is 31.8. The molecular weight excluding hydrogens is 606 g/mol. The van der Waals surface area contributed by atoms with Gasteiger partial charge in [-0.15, -0.1) is 0 Å². The van der Waals surface area contributed by atoms with Crippen molar-refractivity contribution >= 4 is 45.9 Å². The number of ether oxygens (including phenoxy) is 2. The summed E-state index contributed by atoms with van der Waals surface area (Å²) in [5.74, 6) is -0.00702. The van der Waals surface area contributed by atoms with Gasteiger partial charge >= 0.3 is 5.97 Å². The summed E-state index contributed by atoms with van der Waals surface area (Å²) in [6.45, 7) is 8.14. The molecule has 0 fully saturated rings. The average molecular weight is 640 g/mol. The van der Waals surface area contributed by atoms with E-state index < -0.39 is 12.0 Å². The summed E-state index contributed by atoms with van der Waals surface area (Å²) in [5, 5.41) is 1.49. The standard InChI is InChI=1S/C36H34ClN3O4S/c1-6-11-27-30(35(42)44-7-2)33(26-18-23(37)14-15-28(26)43-5)40-34(41)29(45-36(40)38-27)19-25-24-17-20(3)16-21(4)31(24)39-32(25)22-12-9-8-10-13-22/h8-10,12-19,33,39H,6-7,11H2,1-5H3/b29-19+/t33-/m1/s1. The second kappa shape index (κ2) is 12.5. The number of aryl methyl sites for hydroxylation is 2. The van der Waals surface area contributed by atoms with E-state index in [9.17, 15) is 9.59 Å². The summed E-state index contributed by atoms with van der Waals surface area (Å²) < 4.78 is 13.4. The zero-order valence-corrected chi connectivity index (χ0v) is 27.4. The number of fused-ring (bicyclic) bond motifs is 2. The molecule has 230 valence electrons. The molecular formula is C36H34ClN3O4S. The number of hydrogen-bond donors (Lipinski definition) is 1. The third kappa shape index (κ3) is 5.53. The van der Waals surface area contributed by atoms with Gasteiger partial charge in [0.25, 0.3) is 5.56 Å². The lowest BCUT2D eigenvalue weighted by Gasteiger charge is -2.27. The predicted octanol–water partition coefficient (Wildman–Crippen LogP) is 7.01. The molecule has 3 heterocycles. The number of thiazole rings is 1. The van der Waals surface area contributed by atoms with Crippen LogP contribution in [0.3, 0.4) is 0 Å². The Bertz CT molecular complexity index is 2160. The van der Waals surface area contributed by atoms with Gasteiger partial charge in [0.15, 0.2) is 4.80 Å². The summed E-state index contributed by atoms with van der Waals surface area (Å²) in [6.07, 6.45) is 3.24. The molecule has 3 aromatic carbocycles. The predicted molar refractivity (Wildman–Crippen MR) is 181 cm³/mol. The topological polar surface area (TPSA) is 85.7 Å². The van der Waals surface area contributed by atoms with Crippen LogP contribution < -0.4 is 19.6 Å². The number of aromatic nitrogens is 2. The Morgan fingerprint density at radius 3 is 2.60 bits per heavy atom. The first-order valence-electron chi connectivity index (χ1n) is 15.0. The lowest BCUT2D eigenvalue weighted by molar-refractivity contribution is -0.139. The molecule has 0 bridgehead atoms. The Hall–Kier alpha value is -4.40. The smallest absolute Gasteiger partial charge is 0.338 e. The number of esters is 1. The third-order valence-electron chi connectivity index (χ3n) is 8.01. The molecule has 2 aromatic heterocycles.